The summed E-state index contributed by atoms with van der Waals surface area (Å²) in [7, 11) is -2.56. The zero-order valence-electron chi connectivity index (χ0n) is 15.7. The largest absolute Gasteiger partial charge is 0.361 e. The van der Waals surface area contributed by atoms with E-state index in [0.717, 1.165) is 38.5 Å². The molecular formula is C18H20FN3O4S2. The van der Waals surface area contributed by atoms with E-state index in [-0.39, 0.29) is 17.3 Å². The van der Waals surface area contributed by atoms with Crippen molar-refractivity contribution in [1.29, 1.82) is 0 Å². The van der Waals surface area contributed by atoms with Crippen LogP contribution in [0.25, 0.3) is 6.08 Å². The first kappa shape index (κ1) is 20.6. The van der Waals surface area contributed by atoms with Gasteiger partial charge in [-0.25, -0.2) is 12.8 Å². The number of amides is 1. The molecule has 1 fully saturated rings. The number of thioether (sulfide) groups is 1. The number of benzene rings is 1. The molecule has 28 heavy (non-hydrogen) atoms. The van der Waals surface area contributed by atoms with Gasteiger partial charge in [-0.15, -0.1) is 11.8 Å². The SMILES string of the molecule is Cc1noc(C)c1/C=C1/SCCN1C(=O)CN(C)S(=O)(=O)c1ccc(F)cc1. The summed E-state index contributed by atoms with van der Waals surface area (Å²) in [5.74, 6) is 0.507. The summed E-state index contributed by atoms with van der Waals surface area (Å²) in [4.78, 5) is 14.3. The number of nitrogens with zero attached hydrogens (tertiary/aromatic N) is 3. The van der Waals surface area contributed by atoms with Crippen LogP contribution in [-0.2, 0) is 14.8 Å². The molecule has 0 radical (unpaired) electrons. The smallest absolute Gasteiger partial charge is 0.243 e. The quantitative estimate of drug-likeness (QED) is 0.732. The molecule has 0 aliphatic carbocycles. The van der Waals surface area contributed by atoms with Gasteiger partial charge in [-0.2, -0.15) is 4.31 Å². The minimum absolute atomic E-state index is 0.0634. The number of carbonyl (C=O) groups excluding carboxylic acids is 1. The van der Waals surface area contributed by atoms with E-state index in [4.69, 9.17) is 4.52 Å². The molecule has 0 unspecified atom stereocenters. The van der Waals surface area contributed by atoms with E-state index >= 15 is 0 Å². The summed E-state index contributed by atoms with van der Waals surface area (Å²) in [6.07, 6.45) is 1.84. The summed E-state index contributed by atoms with van der Waals surface area (Å²) in [5, 5.41) is 4.63. The normalized spacial score (nSPS) is 16.3. The maximum absolute atomic E-state index is 13.1. The van der Waals surface area contributed by atoms with Crippen LogP contribution in [-0.4, -0.2) is 54.6 Å². The predicted octanol–water partition coefficient (Wildman–Crippen LogP) is 2.63. The molecule has 0 N–H and O–H groups in total. The molecule has 0 spiro atoms. The van der Waals surface area contributed by atoms with Crippen molar-refractivity contribution in [1.82, 2.24) is 14.4 Å². The minimum atomic E-state index is -3.89. The van der Waals surface area contributed by atoms with Crippen molar-refractivity contribution in [2.45, 2.75) is 18.7 Å². The van der Waals surface area contributed by atoms with E-state index in [1.165, 1.54) is 30.9 Å². The third-order valence-electron chi connectivity index (χ3n) is 4.37. The Labute approximate surface area is 167 Å². The molecule has 3 rings (SSSR count). The summed E-state index contributed by atoms with van der Waals surface area (Å²) in [5.41, 5.74) is 1.54. The molecule has 1 saturated heterocycles. The van der Waals surface area contributed by atoms with Gasteiger partial charge >= 0.3 is 0 Å². The van der Waals surface area contributed by atoms with E-state index in [0.29, 0.717) is 12.3 Å². The molecule has 150 valence electrons. The lowest BCUT2D eigenvalue weighted by molar-refractivity contribution is -0.128. The fraction of sp³-hybridized carbons (Fsp3) is 0.333. The molecule has 1 aromatic carbocycles. The van der Waals surface area contributed by atoms with Crippen LogP contribution in [0.5, 0.6) is 0 Å². The number of sulfonamides is 1. The first-order chi connectivity index (χ1) is 13.2. The molecule has 1 aromatic heterocycles. The summed E-state index contributed by atoms with van der Waals surface area (Å²) < 4.78 is 44.4. The van der Waals surface area contributed by atoms with Crippen LogP contribution in [0.15, 0.2) is 38.7 Å². The van der Waals surface area contributed by atoms with Crippen molar-refractivity contribution in [2.24, 2.45) is 0 Å². The van der Waals surface area contributed by atoms with Crippen molar-refractivity contribution in [3.05, 3.63) is 52.1 Å². The van der Waals surface area contributed by atoms with Gasteiger partial charge in [0.25, 0.3) is 0 Å². The van der Waals surface area contributed by atoms with Crippen LogP contribution in [0.4, 0.5) is 4.39 Å². The Hall–Kier alpha value is -2.17. The predicted molar refractivity (Wildman–Crippen MR) is 104 cm³/mol. The van der Waals surface area contributed by atoms with Crippen LogP contribution in [0.3, 0.4) is 0 Å². The second-order valence-corrected chi connectivity index (χ2v) is 9.49. The van der Waals surface area contributed by atoms with Crippen LogP contribution in [0.2, 0.25) is 0 Å². The molecule has 2 aromatic rings. The molecule has 10 heteroatoms. The topological polar surface area (TPSA) is 83.7 Å². The van der Waals surface area contributed by atoms with Crippen LogP contribution in [0, 0.1) is 19.7 Å². The van der Waals surface area contributed by atoms with Crippen LogP contribution >= 0.6 is 11.8 Å². The highest BCUT2D eigenvalue weighted by atomic mass is 32.2. The standard InChI is InChI=1S/C18H20FN3O4S2/c1-12-16(13(2)26-20-12)10-18-22(8-9-27-18)17(23)11-21(3)28(24,25)15-6-4-14(19)5-7-15/h4-7,10H,8-9,11H2,1-3H3/b18-10+. The van der Waals surface area contributed by atoms with E-state index in [1.807, 2.05) is 13.0 Å². The molecule has 0 saturated carbocycles. The van der Waals surface area contributed by atoms with E-state index in [9.17, 15) is 17.6 Å². The Morgan fingerprint density at radius 1 is 1.36 bits per heavy atom. The molecular weight excluding hydrogens is 405 g/mol. The van der Waals surface area contributed by atoms with E-state index < -0.39 is 15.8 Å². The Morgan fingerprint density at radius 2 is 2.04 bits per heavy atom. The first-order valence-electron chi connectivity index (χ1n) is 8.50. The zero-order valence-corrected chi connectivity index (χ0v) is 17.3. The van der Waals surface area contributed by atoms with Gasteiger partial charge in [-0.05, 0) is 44.2 Å². The Morgan fingerprint density at radius 3 is 2.64 bits per heavy atom. The number of likely N-dealkylation sites (N-methyl/N-ethyl adjacent to an activating group) is 1. The molecule has 2 heterocycles. The van der Waals surface area contributed by atoms with Gasteiger partial charge in [0.1, 0.15) is 11.6 Å². The summed E-state index contributed by atoms with van der Waals surface area (Å²) >= 11 is 1.51. The lowest BCUT2D eigenvalue weighted by Crippen LogP contribution is -2.39. The van der Waals surface area contributed by atoms with E-state index in [1.54, 1.807) is 11.8 Å². The van der Waals surface area contributed by atoms with Crippen LogP contribution in [0.1, 0.15) is 17.0 Å². The van der Waals surface area contributed by atoms with Gasteiger partial charge in [-0.3, -0.25) is 4.79 Å². The summed E-state index contributed by atoms with van der Waals surface area (Å²) in [6, 6.07) is 4.51. The number of hydrogen-bond donors (Lipinski definition) is 0. The van der Waals surface area contributed by atoms with Crippen molar-refractivity contribution in [3.8, 4) is 0 Å². The van der Waals surface area contributed by atoms with Crippen molar-refractivity contribution >= 4 is 33.8 Å². The number of halogens is 1. The van der Waals surface area contributed by atoms with Gasteiger partial charge < -0.3 is 9.42 Å². The fourth-order valence-electron chi connectivity index (χ4n) is 2.76. The number of hydrogen-bond acceptors (Lipinski definition) is 6. The Bertz CT molecular complexity index is 996. The molecule has 1 aliphatic heterocycles. The molecule has 1 aliphatic rings. The monoisotopic (exact) mass is 425 g/mol. The first-order valence-corrected chi connectivity index (χ1v) is 10.9. The fourth-order valence-corrected chi connectivity index (χ4v) is 4.92. The number of rotatable bonds is 5. The maximum Gasteiger partial charge on any atom is 0.243 e. The van der Waals surface area contributed by atoms with Crippen molar-refractivity contribution < 1.29 is 22.1 Å². The third-order valence-corrected chi connectivity index (χ3v) is 7.21. The molecule has 0 atom stereocenters. The molecule has 7 nitrogen and oxygen atoms in total. The average Bonchev–Trinajstić information content (AvgIpc) is 3.24. The van der Waals surface area contributed by atoms with Gasteiger partial charge in [0.15, 0.2) is 0 Å². The van der Waals surface area contributed by atoms with Crippen LogP contribution < -0.4 is 0 Å². The van der Waals surface area contributed by atoms with Crippen molar-refractivity contribution in [2.75, 3.05) is 25.9 Å². The molecule has 1 amide bonds. The average molecular weight is 426 g/mol. The van der Waals surface area contributed by atoms with Crippen molar-refractivity contribution in [3.63, 3.8) is 0 Å². The Kier molecular flexibility index (Phi) is 5.92. The zero-order chi connectivity index (χ0) is 20.5. The number of aromatic nitrogens is 1. The highest BCUT2D eigenvalue weighted by molar-refractivity contribution is 8.03. The van der Waals surface area contributed by atoms with Gasteiger partial charge in [0, 0.05) is 24.9 Å². The second kappa shape index (κ2) is 8.06. The Balaban J connectivity index is 1.77. The van der Waals surface area contributed by atoms with E-state index in [2.05, 4.69) is 5.16 Å². The lowest BCUT2D eigenvalue weighted by Gasteiger charge is -2.22. The maximum atomic E-state index is 13.1. The minimum Gasteiger partial charge on any atom is -0.361 e. The van der Waals surface area contributed by atoms with Gasteiger partial charge in [-0.1, -0.05) is 5.16 Å². The van der Waals surface area contributed by atoms with Gasteiger partial charge in [0.05, 0.1) is 22.2 Å². The third kappa shape index (κ3) is 4.13. The summed E-state index contributed by atoms with van der Waals surface area (Å²) in [6.45, 7) is 3.78. The van der Waals surface area contributed by atoms with Gasteiger partial charge in [0.2, 0.25) is 15.9 Å². The second-order valence-electron chi connectivity index (χ2n) is 6.33. The lowest BCUT2D eigenvalue weighted by atomic mass is 10.2. The highest BCUT2D eigenvalue weighted by Crippen LogP contribution is 2.31. The number of aryl methyl sites for hydroxylation is 2. The highest BCUT2D eigenvalue weighted by Gasteiger charge is 2.29. The number of carbonyl (C=O) groups is 1. The molecule has 0 bridgehead atoms.